The molecular formula is C17H26N2O. The zero-order valence-electron chi connectivity index (χ0n) is 12.5. The van der Waals surface area contributed by atoms with Crippen LogP contribution in [0.4, 0.5) is 0 Å². The molecule has 1 fully saturated rings. The van der Waals surface area contributed by atoms with E-state index < -0.39 is 0 Å². The molecule has 1 unspecified atom stereocenters. The molecule has 0 spiro atoms. The SMILES string of the molecule is Cc1ccc(CCCCC(=O)N2CCCC2CN)cc1. The van der Waals surface area contributed by atoms with Crippen molar-refractivity contribution in [3.05, 3.63) is 35.4 Å². The molecule has 0 aromatic heterocycles. The van der Waals surface area contributed by atoms with Crippen molar-refractivity contribution in [3.63, 3.8) is 0 Å². The van der Waals surface area contributed by atoms with E-state index in [1.165, 1.54) is 11.1 Å². The maximum Gasteiger partial charge on any atom is 0.222 e. The van der Waals surface area contributed by atoms with E-state index in [1.807, 2.05) is 4.90 Å². The second-order valence-electron chi connectivity index (χ2n) is 5.81. The minimum Gasteiger partial charge on any atom is -0.338 e. The molecule has 0 bridgehead atoms. The Hall–Kier alpha value is -1.35. The first kappa shape index (κ1) is 15.0. The second-order valence-corrected chi connectivity index (χ2v) is 5.81. The van der Waals surface area contributed by atoms with E-state index in [2.05, 4.69) is 31.2 Å². The Balaban J connectivity index is 1.68. The maximum atomic E-state index is 12.1. The van der Waals surface area contributed by atoms with Gasteiger partial charge in [-0.15, -0.1) is 0 Å². The molecule has 2 rings (SSSR count). The highest BCUT2D eigenvalue weighted by atomic mass is 16.2. The van der Waals surface area contributed by atoms with Crippen LogP contribution in [-0.2, 0) is 11.2 Å². The zero-order chi connectivity index (χ0) is 14.4. The van der Waals surface area contributed by atoms with Crippen molar-refractivity contribution in [1.82, 2.24) is 4.90 Å². The highest BCUT2D eigenvalue weighted by Gasteiger charge is 2.26. The summed E-state index contributed by atoms with van der Waals surface area (Å²) in [6.45, 7) is 3.61. The van der Waals surface area contributed by atoms with Crippen LogP contribution in [0.15, 0.2) is 24.3 Å². The van der Waals surface area contributed by atoms with E-state index in [-0.39, 0.29) is 0 Å². The summed E-state index contributed by atoms with van der Waals surface area (Å²) in [4.78, 5) is 14.1. The minimum atomic E-state index is 0.291. The molecule has 2 N–H and O–H groups in total. The number of carbonyl (C=O) groups excluding carboxylic acids is 1. The molecule has 1 aromatic rings. The number of nitrogens with zero attached hydrogens (tertiary/aromatic N) is 1. The lowest BCUT2D eigenvalue weighted by Gasteiger charge is -2.23. The summed E-state index contributed by atoms with van der Waals surface area (Å²) in [7, 11) is 0. The highest BCUT2D eigenvalue weighted by Crippen LogP contribution is 2.18. The molecule has 1 saturated heterocycles. The van der Waals surface area contributed by atoms with Crippen molar-refractivity contribution in [2.24, 2.45) is 5.73 Å². The lowest BCUT2D eigenvalue weighted by molar-refractivity contribution is -0.131. The van der Waals surface area contributed by atoms with Crippen LogP contribution in [0.2, 0.25) is 0 Å². The smallest absolute Gasteiger partial charge is 0.222 e. The Labute approximate surface area is 122 Å². The third-order valence-electron chi connectivity index (χ3n) is 4.20. The molecule has 1 aromatic carbocycles. The van der Waals surface area contributed by atoms with Crippen molar-refractivity contribution < 1.29 is 4.79 Å². The quantitative estimate of drug-likeness (QED) is 0.811. The summed E-state index contributed by atoms with van der Waals surface area (Å²) in [5, 5.41) is 0. The molecular weight excluding hydrogens is 248 g/mol. The lowest BCUT2D eigenvalue weighted by Crippen LogP contribution is -2.39. The molecule has 0 aliphatic carbocycles. The fourth-order valence-electron chi connectivity index (χ4n) is 2.91. The molecule has 0 saturated carbocycles. The number of hydrogen-bond donors (Lipinski definition) is 1. The van der Waals surface area contributed by atoms with Crippen LogP contribution >= 0.6 is 0 Å². The first-order chi connectivity index (χ1) is 9.70. The first-order valence-electron chi connectivity index (χ1n) is 7.76. The molecule has 1 heterocycles. The maximum absolute atomic E-state index is 12.1. The van der Waals surface area contributed by atoms with Gasteiger partial charge in [-0.1, -0.05) is 29.8 Å². The fraction of sp³-hybridized carbons (Fsp3) is 0.588. The van der Waals surface area contributed by atoms with Crippen molar-refractivity contribution in [2.45, 2.75) is 51.5 Å². The number of unbranched alkanes of at least 4 members (excludes halogenated alkanes) is 1. The van der Waals surface area contributed by atoms with E-state index in [0.29, 0.717) is 24.9 Å². The number of nitrogens with two attached hydrogens (primary N) is 1. The highest BCUT2D eigenvalue weighted by molar-refractivity contribution is 5.76. The van der Waals surface area contributed by atoms with Crippen molar-refractivity contribution in [2.75, 3.05) is 13.1 Å². The van der Waals surface area contributed by atoms with Crippen molar-refractivity contribution in [3.8, 4) is 0 Å². The average molecular weight is 274 g/mol. The molecule has 1 amide bonds. The van der Waals surface area contributed by atoms with Crippen LogP contribution in [0.3, 0.4) is 0 Å². The van der Waals surface area contributed by atoms with Gasteiger partial charge in [-0.3, -0.25) is 4.79 Å². The van der Waals surface area contributed by atoms with Crippen LogP contribution in [0, 0.1) is 6.92 Å². The molecule has 1 aliphatic rings. The van der Waals surface area contributed by atoms with Gasteiger partial charge in [0.25, 0.3) is 0 Å². The number of rotatable bonds is 6. The van der Waals surface area contributed by atoms with Gasteiger partial charge >= 0.3 is 0 Å². The Morgan fingerprint density at radius 1 is 1.30 bits per heavy atom. The fourth-order valence-corrected chi connectivity index (χ4v) is 2.91. The van der Waals surface area contributed by atoms with Gasteiger partial charge in [0.2, 0.25) is 5.91 Å². The van der Waals surface area contributed by atoms with E-state index in [4.69, 9.17) is 5.73 Å². The van der Waals surface area contributed by atoms with E-state index in [9.17, 15) is 4.79 Å². The Kier molecular flexibility index (Phi) is 5.60. The van der Waals surface area contributed by atoms with Gasteiger partial charge in [-0.25, -0.2) is 0 Å². The van der Waals surface area contributed by atoms with Gasteiger partial charge in [0.05, 0.1) is 0 Å². The molecule has 3 heteroatoms. The number of aryl methyl sites for hydroxylation is 2. The Bertz CT molecular complexity index is 427. The average Bonchev–Trinajstić information content (AvgIpc) is 2.94. The molecule has 110 valence electrons. The Morgan fingerprint density at radius 2 is 2.05 bits per heavy atom. The normalized spacial score (nSPS) is 18.5. The van der Waals surface area contributed by atoms with Crippen LogP contribution in [-0.4, -0.2) is 29.9 Å². The van der Waals surface area contributed by atoms with Crippen LogP contribution in [0.5, 0.6) is 0 Å². The predicted octanol–water partition coefficient (Wildman–Crippen LogP) is 2.66. The lowest BCUT2D eigenvalue weighted by atomic mass is 10.1. The summed E-state index contributed by atoms with van der Waals surface area (Å²) >= 11 is 0. The van der Waals surface area contributed by atoms with Gasteiger partial charge in [-0.05, 0) is 44.6 Å². The van der Waals surface area contributed by atoms with Gasteiger partial charge in [0, 0.05) is 25.6 Å². The summed E-state index contributed by atoms with van der Waals surface area (Å²) in [5.74, 6) is 0.293. The van der Waals surface area contributed by atoms with Gasteiger partial charge in [-0.2, -0.15) is 0 Å². The third kappa shape index (κ3) is 4.07. The Morgan fingerprint density at radius 3 is 2.75 bits per heavy atom. The topological polar surface area (TPSA) is 46.3 Å². The number of benzene rings is 1. The van der Waals surface area contributed by atoms with Gasteiger partial charge < -0.3 is 10.6 Å². The van der Waals surface area contributed by atoms with Crippen LogP contribution in [0.1, 0.15) is 43.2 Å². The number of carbonyl (C=O) groups is 1. The van der Waals surface area contributed by atoms with Crippen LogP contribution in [0.25, 0.3) is 0 Å². The molecule has 1 aliphatic heterocycles. The third-order valence-corrected chi connectivity index (χ3v) is 4.20. The summed E-state index contributed by atoms with van der Waals surface area (Å²) in [5.41, 5.74) is 8.37. The first-order valence-corrected chi connectivity index (χ1v) is 7.76. The largest absolute Gasteiger partial charge is 0.338 e. The van der Waals surface area contributed by atoms with Crippen molar-refractivity contribution in [1.29, 1.82) is 0 Å². The summed E-state index contributed by atoms with van der Waals surface area (Å²) < 4.78 is 0. The predicted molar refractivity (Wildman–Crippen MR) is 82.5 cm³/mol. The van der Waals surface area contributed by atoms with Gasteiger partial charge in [0.1, 0.15) is 0 Å². The second kappa shape index (κ2) is 7.44. The standard InChI is InChI=1S/C17H26N2O/c1-14-8-10-15(11-9-14)5-2-3-7-17(20)19-12-4-6-16(19)13-18/h8-11,16H,2-7,12-13,18H2,1H3. The van der Waals surface area contributed by atoms with Crippen molar-refractivity contribution >= 4 is 5.91 Å². The molecule has 20 heavy (non-hydrogen) atoms. The zero-order valence-corrected chi connectivity index (χ0v) is 12.5. The number of hydrogen-bond acceptors (Lipinski definition) is 2. The summed E-state index contributed by atoms with van der Waals surface area (Å²) in [6.07, 6.45) is 5.97. The van der Waals surface area contributed by atoms with E-state index >= 15 is 0 Å². The molecule has 1 atom stereocenters. The molecule has 3 nitrogen and oxygen atoms in total. The van der Waals surface area contributed by atoms with Gasteiger partial charge in [0.15, 0.2) is 0 Å². The monoisotopic (exact) mass is 274 g/mol. The number of amides is 1. The van der Waals surface area contributed by atoms with Crippen LogP contribution < -0.4 is 5.73 Å². The number of likely N-dealkylation sites (tertiary alicyclic amines) is 1. The summed E-state index contributed by atoms with van der Waals surface area (Å²) in [6, 6.07) is 8.96. The van der Waals surface area contributed by atoms with E-state index in [1.54, 1.807) is 0 Å². The van der Waals surface area contributed by atoms with E-state index in [0.717, 1.165) is 38.6 Å². The minimum absolute atomic E-state index is 0.291. The molecule has 0 radical (unpaired) electrons.